The third kappa shape index (κ3) is 5.13. The molecule has 116 valence electrons. The molecule has 1 saturated heterocycles. The minimum absolute atomic E-state index is 0.112. The zero-order valence-corrected chi connectivity index (χ0v) is 13.0. The molecule has 21 heavy (non-hydrogen) atoms. The van der Waals surface area contributed by atoms with Gasteiger partial charge in [0, 0.05) is 30.6 Å². The Morgan fingerprint density at radius 1 is 1.38 bits per heavy atom. The summed E-state index contributed by atoms with van der Waals surface area (Å²) in [5.41, 5.74) is 0. The number of nitrogens with zero attached hydrogens (tertiary/aromatic N) is 1. The van der Waals surface area contributed by atoms with E-state index in [1.807, 2.05) is 36.0 Å². The van der Waals surface area contributed by atoms with Gasteiger partial charge in [0.2, 0.25) is 0 Å². The Morgan fingerprint density at radius 2 is 2.10 bits per heavy atom. The number of methoxy groups -OCH3 is 1. The molecule has 6 heteroatoms. The average molecular weight is 311 g/mol. The third-order valence-electron chi connectivity index (χ3n) is 3.47. The first-order valence-electron chi connectivity index (χ1n) is 6.99. The highest BCUT2D eigenvalue weighted by atomic mass is 32.2. The Labute approximate surface area is 129 Å². The molecule has 0 aromatic heterocycles. The quantitative estimate of drug-likeness (QED) is 0.831. The van der Waals surface area contributed by atoms with E-state index in [4.69, 9.17) is 14.6 Å². The minimum atomic E-state index is -0.733. The highest BCUT2D eigenvalue weighted by Crippen LogP contribution is 2.20. The average Bonchev–Trinajstić information content (AvgIpc) is 2.49. The molecule has 0 radical (unpaired) electrons. The van der Waals surface area contributed by atoms with Crippen LogP contribution in [0.5, 0.6) is 11.5 Å². The maximum Gasteiger partial charge on any atom is 0.304 e. The SMILES string of the molecule is COc1ccc(OCCN2CCSCC2CC(=O)O)cc1. The first-order chi connectivity index (χ1) is 10.2. The lowest BCUT2D eigenvalue weighted by atomic mass is 10.2. The second kappa shape index (κ2) is 8.14. The van der Waals surface area contributed by atoms with Gasteiger partial charge in [0.05, 0.1) is 13.5 Å². The molecule has 5 nitrogen and oxygen atoms in total. The van der Waals surface area contributed by atoms with Gasteiger partial charge in [0.25, 0.3) is 0 Å². The van der Waals surface area contributed by atoms with Crippen molar-refractivity contribution in [2.75, 3.05) is 38.3 Å². The van der Waals surface area contributed by atoms with Crippen LogP contribution in [0.25, 0.3) is 0 Å². The van der Waals surface area contributed by atoms with Crippen LogP contribution < -0.4 is 9.47 Å². The van der Waals surface area contributed by atoms with Gasteiger partial charge in [-0.15, -0.1) is 0 Å². The Balaban J connectivity index is 1.78. The van der Waals surface area contributed by atoms with E-state index < -0.39 is 5.97 Å². The second-order valence-electron chi connectivity index (χ2n) is 4.89. The molecule has 2 rings (SSSR count). The Bertz CT molecular complexity index is 451. The van der Waals surface area contributed by atoms with Gasteiger partial charge < -0.3 is 14.6 Å². The van der Waals surface area contributed by atoms with Gasteiger partial charge in [-0.05, 0) is 24.3 Å². The van der Waals surface area contributed by atoms with Crippen molar-refractivity contribution in [3.63, 3.8) is 0 Å². The molecule has 1 heterocycles. The molecule has 1 unspecified atom stereocenters. The van der Waals surface area contributed by atoms with E-state index in [0.29, 0.717) is 6.61 Å². The number of carboxylic acid groups (broad SMARTS) is 1. The molecule has 1 fully saturated rings. The van der Waals surface area contributed by atoms with Crippen LogP contribution in [0.3, 0.4) is 0 Å². The maximum absolute atomic E-state index is 10.9. The first-order valence-corrected chi connectivity index (χ1v) is 8.15. The summed E-state index contributed by atoms with van der Waals surface area (Å²) in [5, 5.41) is 8.96. The molecular weight excluding hydrogens is 290 g/mol. The summed E-state index contributed by atoms with van der Waals surface area (Å²) < 4.78 is 10.8. The van der Waals surface area contributed by atoms with E-state index >= 15 is 0 Å². The minimum Gasteiger partial charge on any atom is -0.497 e. The molecule has 0 bridgehead atoms. The number of rotatable bonds is 7. The van der Waals surface area contributed by atoms with E-state index in [-0.39, 0.29) is 12.5 Å². The van der Waals surface area contributed by atoms with Crippen molar-refractivity contribution < 1.29 is 19.4 Å². The molecule has 1 aromatic rings. The van der Waals surface area contributed by atoms with Gasteiger partial charge in [0.1, 0.15) is 18.1 Å². The Kier molecular flexibility index (Phi) is 6.20. The van der Waals surface area contributed by atoms with Crippen molar-refractivity contribution >= 4 is 17.7 Å². The summed E-state index contributed by atoms with van der Waals surface area (Å²) in [6, 6.07) is 7.58. The van der Waals surface area contributed by atoms with Gasteiger partial charge in [-0.1, -0.05) is 0 Å². The van der Waals surface area contributed by atoms with Gasteiger partial charge >= 0.3 is 5.97 Å². The van der Waals surface area contributed by atoms with Crippen LogP contribution >= 0.6 is 11.8 Å². The number of ether oxygens (including phenoxy) is 2. The van der Waals surface area contributed by atoms with Crippen molar-refractivity contribution in [1.82, 2.24) is 4.90 Å². The van der Waals surface area contributed by atoms with Crippen molar-refractivity contribution in [3.05, 3.63) is 24.3 Å². The summed E-state index contributed by atoms with van der Waals surface area (Å²) in [4.78, 5) is 13.1. The van der Waals surface area contributed by atoms with Gasteiger partial charge in [-0.25, -0.2) is 0 Å². The monoisotopic (exact) mass is 311 g/mol. The predicted octanol–water partition coefficient (Wildman–Crippen LogP) is 1.97. The standard InChI is InChI=1S/C15H21NO4S/c1-19-13-2-4-14(5-3-13)20-8-6-16-7-9-21-11-12(16)10-15(17)18/h2-5,12H,6-11H2,1H3,(H,17,18). The molecule has 0 aliphatic carbocycles. The predicted molar refractivity (Wildman–Crippen MR) is 83.4 cm³/mol. The Hall–Kier alpha value is -1.40. The van der Waals surface area contributed by atoms with Crippen LogP contribution in [-0.4, -0.2) is 60.3 Å². The van der Waals surface area contributed by atoms with Crippen LogP contribution in [0, 0.1) is 0 Å². The molecule has 1 aliphatic heterocycles. The largest absolute Gasteiger partial charge is 0.497 e. The highest BCUT2D eigenvalue weighted by molar-refractivity contribution is 7.99. The fraction of sp³-hybridized carbons (Fsp3) is 0.533. The third-order valence-corrected chi connectivity index (χ3v) is 4.56. The zero-order chi connectivity index (χ0) is 15.1. The van der Waals surface area contributed by atoms with Crippen molar-refractivity contribution in [2.45, 2.75) is 12.5 Å². The van der Waals surface area contributed by atoms with E-state index in [2.05, 4.69) is 4.90 Å². The lowest BCUT2D eigenvalue weighted by Crippen LogP contribution is -2.45. The van der Waals surface area contributed by atoms with Crippen molar-refractivity contribution in [3.8, 4) is 11.5 Å². The van der Waals surface area contributed by atoms with Crippen molar-refractivity contribution in [1.29, 1.82) is 0 Å². The normalized spacial score (nSPS) is 19.2. The molecule has 1 aliphatic rings. The fourth-order valence-corrected chi connectivity index (χ4v) is 3.46. The molecule has 0 spiro atoms. The summed E-state index contributed by atoms with van der Waals surface area (Å²) in [6.07, 6.45) is 0.204. The lowest BCUT2D eigenvalue weighted by molar-refractivity contribution is -0.138. The van der Waals surface area contributed by atoms with Gasteiger partial charge in [-0.2, -0.15) is 11.8 Å². The summed E-state index contributed by atoms with van der Waals surface area (Å²) >= 11 is 1.82. The van der Waals surface area contributed by atoms with Gasteiger partial charge in [-0.3, -0.25) is 9.69 Å². The number of thioether (sulfide) groups is 1. The molecular formula is C15H21NO4S. The Morgan fingerprint density at radius 3 is 2.76 bits per heavy atom. The number of carboxylic acids is 1. The summed E-state index contributed by atoms with van der Waals surface area (Å²) in [6.45, 7) is 2.24. The van der Waals surface area contributed by atoms with E-state index in [1.165, 1.54) is 0 Å². The highest BCUT2D eigenvalue weighted by Gasteiger charge is 2.24. The van der Waals surface area contributed by atoms with Gasteiger partial charge in [0.15, 0.2) is 0 Å². The van der Waals surface area contributed by atoms with Crippen molar-refractivity contribution in [2.24, 2.45) is 0 Å². The molecule has 0 amide bonds. The smallest absolute Gasteiger partial charge is 0.304 e. The molecule has 1 atom stereocenters. The number of aliphatic carboxylic acids is 1. The van der Waals surface area contributed by atoms with E-state index in [9.17, 15) is 4.79 Å². The van der Waals surface area contributed by atoms with Crippen LogP contribution in [0.1, 0.15) is 6.42 Å². The topological polar surface area (TPSA) is 59.0 Å². The zero-order valence-electron chi connectivity index (χ0n) is 12.2. The first kappa shape index (κ1) is 16.0. The number of carbonyl (C=O) groups is 1. The molecule has 1 N–H and O–H groups in total. The lowest BCUT2D eigenvalue weighted by Gasteiger charge is -2.34. The number of benzene rings is 1. The van der Waals surface area contributed by atoms with Crippen LogP contribution in [-0.2, 0) is 4.79 Å². The van der Waals surface area contributed by atoms with Crippen LogP contribution in [0.15, 0.2) is 24.3 Å². The number of hydrogen-bond donors (Lipinski definition) is 1. The molecule has 0 saturated carbocycles. The van der Waals surface area contributed by atoms with E-state index in [1.54, 1.807) is 7.11 Å². The second-order valence-corrected chi connectivity index (χ2v) is 6.04. The summed E-state index contributed by atoms with van der Waals surface area (Å²) in [7, 11) is 1.63. The molecule has 1 aromatic carbocycles. The maximum atomic E-state index is 10.9. The van der Waals surface area contributed by atoms with Crippen LogP contribution in [0.4, 0.5) is 0 Å². The van der Waals surface area contributed by atoms with Crippen LogP contribution in [0.2, 0.25) is 0 Å². The van der Waals surface area contributed by atoms with E-state index in [0.717, 1.165) is 36.1 Å². The fourth-order valence-electron chi connectivity index (χ4n) is 2.33. The number of hydrogen-bond acceptors (Lipinski definition) is 5. The summed E-state index contributed by atoms with van der Waals surface area (Å²) in [5.74, 6) is 2.81.